The first-order valence-corrected chi connectivity index (χ1v) is 6.58. The van der Waals surface area contributed by atoms with Gasteiger partial charge in [0.2, 0.25) is 5.91 Å². The number of likely N-dealkylation sites (N-methyl/N-ethyl adjacent to an activating group) is 1. The molecule has 0 bridgehead atoms. The number of hydrogen-bond donors (Lipinski definition) is 1. The molecule has 108 valence electrons. The zero-order chi connectivity index (χ0) is 13.7. The highest BCUT2D eigenvalue weighted by atomic mass is 35.5. The van der Waals surface area contributed by atoms with Gasteiger partial charge in [0.15, 0.2) is 0 Å². The van der Waals surface area contributed by atoms with Gasteiger partial charge in [-0.1, -0.05) is 44.0 Å². The van der Waals surface area contributed by atoms with Crippen LogP contribution in [0.4, 0.5) is 0 Å². The lowest BCUT2D eigenvalue weighted by molar-refractivity contribution is -0.132. The molecule has 5 heteroatoms. The minimum Gasteiger partial charge on any atom is -0.340 e. The Morgan fingerprint density at radius 1 is 1.37 bits per heavy atom. The lowest BCUT2D eigenvalue weighted by atomic mass is 9.99. The zero-order valence-electron chi connectivity index (χ0n) is 11.6. The van der Waals surface area contributed by atoms with Crippen molar-refractivity contribution in [3.05, 3.63) is 34.9 Å². The lowest BCUT2D eigenvalue weighted by Gasteiger charge is -2.24. The zero-order valence-corrected chi connectivity index (χ0v) is 13.2. The van der Waals surface area contributed by atoms with E-state index in [0.29, 0.717) is 11.6 Å². The van der Waals surface area contributed by atoms with Crippen molar-refractivity contribution in [3.8, 4) is 0 Å². The molecule has 0 radical (unpaired) electrons. The van der Waals surface area contributed by atoms with Gasteiger partial charge in [0.05, 0.1) is 6.04 Å². The molecule has 0 saturated carbocycles. The van der Waals surface area contributed by atoms with Crippen molar-refractivity contribution in [1.82, 2.24) is 4.90 Å². The summed E-state index contributed by atoms with van der Waals surface area (Å²) in [6.07, 6.45) is 0.904. The van der Waals surface area contributed by atoms with Crippen molar-refractivity contribution in [1.29, 1.82) is 0 Å². The van der Waals surface area contributed by atoms with Gasteiger partial charge >= 0.3 is 0 Å². The third-order valence-electron chi connectivity index (χ3n) is 3.25. The van der Waals surface area contributed by atoms with Gasteiger partial charge in [-0.2, -0.15) is 0 Å². The van der Waals surface area contributed by atoms with Crippen LogP contribution in [-0.2, 0) is 11.3 Å². The fourth-order valence-electron chi connectivity index (χ4n) is 1.69. The number of benzene rings is 1. The van der Waals surface area contributed by atoms with E-state index in [2.05, 4.69) is 0 Å². The van der Waals surface area contributed by atoms with Crippen molar-refractivity contribution >= 4 is 29.9 Å². The van der Waals surface area contributed by atoms with E-state index in [9.17, 15) is 4.79 Å². The topological polar surface area (TPSA) is 46.3 Å². The van der Waals surface area contributed by atoms with Crippen LogP contribution in [0.15, 0.2) is 24.3 Å². The van der Waals surface area contributed by atoms with Gasteiger partial charge in [-0.05, 0) is 23.6 Å². The Hall–Kier alpha value is -0.770. The fourth-order valence-corrected chi connectivity index (χ4v) is 1.82. The smallest absolute Gasteiger partial charge is 0.239 e. The van der Waals surface area contributed by atoms with Crippen LogP contribution in [0.5, 0.6) is 0 Å². The van der Waals surface area contributed by atoms with Crippen LogP contribution in [0, 0.1) is 5.92 Å². The van der Waals surface area contributed by atoms with Crippen LogP contribution in [0.3, 0.4) is 0 Å². The normalized spacial score (nSPS) is 13.3. The molecule has 0 heterocycles. The van der Waals surface area contributed by atoms with Crippen LogP contribution < -0.4 is 5.73 Å². The Labute approximate surface area is 126 Å². The second kappa shape index (κ2) is 8.41. The molecule has 1 aromatic rings. The molecule has 1 rings (SSSR count). The molecule has 0 fully saturated rings. The van der Waals surface area contributed by atoms with E-state index in [1.807, 2.05) is 38.1 Å². The summed E-state index contributed by atoms with van der Waals surface area (Å²) in [6.45, 7) is 4.59. The minimum absolute atomic E-state index is 0. The molecule has 1 amide bonds. The molecule has 0 aromatic heterocycles. The molecule has 0 aliphatic rings. The Balaban J connectivity index is 0.00000324. The molecule has 0 aliphatic carbocycles. The van der Waals surface area contributed by atoms with Gasteiger partial charge in [-0.3, -0.25) is 4.79 Å². The van der Waals surface area contributed by atoms with Crippen LogP contribution in [-0.4, -0.2) is 23.9 Å². The van der Waals surface area contributed by atoms with Crippen molar-refractivity contribution < 1.29 is 4.79 Å². The quantitative estimate of drug-likeness (QED) is 0.908. The van der Waals surface area contributed by atoms with E-state index in [-0.39, 0.29) is 24.2 Å². The molecule has 0 aliphatic heterocycles. The predicted octanol–water partition coefficient (Wildman–Crippen LogP) is 3.09. The lowest BCUT2D eigenvalue weighted by Crippen LogP contribution is -2.45. The van der Waals surface area contributed by atoms with Crippen LogP contribution in [0.25, 0.3) is 0 Å². The van der Waals surface area contributed by atoms with E-state index in [4.69, 9.17) is 17.3 Å². The monoisotopic (exact) mass is 304 g/mol. The first kappa shape index (κ1) is 18.2. The van der Waals surface area contributed by atoms with Gasteiger partial charge in [-0.25, -0.2) is 0 Å². The summed E-state index contributed by atoms with van der Waals surface area (Å²) in [7, 11) is 1.78. The summed E-state index contributed by atoms with van der Waals surface area (Å²) in [5.74, 6) is 0.185. The fraction of sp³-hybridized carbons (Fsp3) is 0.500. The number of carbonyl (C=O) groups excluding carboxylic acids is 1. The number of halogens is 2. The average Bonchev–Trinajstić information content (AvgIpc) is 2.38. The maximum absolute atomic E-state index is 12.1. The highest BCUT2D eigenvalue weighted by molar-refractivity contribution is 6.30. The number of rotatable bonds is 5. The summed E-state index contributed by atoms with van der Waals surface area (Å²) in [6, 6.07) is 7.06. The summed E-state index contributed by atoms with van der Waals surface area (Å²) < 4.78 is 0. The Morgan fingerprint density at radius 2 is 1.89 bits per heavy atom. The Bertz CT molecular complexity index is 395. The molecular formula is C14H22Cl2N2O. The molecule has 1 aromatic carbocycles. The van der Waals surface area contributed by atoms with Gasteiger partial charge in [0.1, 0.15) is 0 Å². The van der Waals surface area contributed by atoms with Gasteiger partial charge in [0.25, 0.3) is 0 Å². The van der Waals surface area contributed by atoms with Gasteiger partial charge < -0.3 is 10.6 Å². The second-order valence-electron chi connectivity index (χ2n) is 4.73. The first-order valence-electron chi connectivity index (χ1n) is 6.20. The summed E-state index contributed by atoms with van der Waals surface area (Å²) in [5, 5.41) is 0.698. The van der Waals surface area contributed by atoms with E-state index in [0.717, 1.165) is 12.0 Å². The molecule has 2 atom stereocenters. The average molecular weight is 305 g/mol. The highest BCUT2D eigenvalue weighted by Crippen LogP contribution is 2.13. The first-order chi connectivity index (χ1) is 8.45. The predicted molar refractivity (Wildman–Crippen MR) is 82.6 cm³/mol. The van der Waals surface area contributed by atoms with E-state index in [1.165, 1.54) is 0 Å². The third-order valence-corrected chi connectivity index (χ3v) is 3.50. The number of nitrogens with two attached hydrogens (primary N) is 1. The third kappa shape index (κ3) is 5.39. The molecule has 0 saturated heterocycles. The molecule has 3 nitrogen and oxygen atoms in total. The summed E-state index contributed by atoms with van der Waals surface area (Å²) in [5.41, 5.74) is 6.99. The molecule has 2 unspecified atom stereocenters. The standard InChI is InChI=1S/C14H21ClN2O.ClH/c1-4-10(2)13(16)14(18)17(3)9-11-5-7-12(15)8-6-11;/h5-8,10,13H,4,9,16H2,1-3H3;1H. The van der Waals surface area contributed by atoms with E-state index < -0.39 is 6.04 Å². The number of amides is 1. The van der Waals surface area contributed by atoms with Crippen molar-refractivity contribution in [2.24, 2.45) is 11.7 Å². The molecule has 0 spiro atoms. The molecular weight excluding hydrogens is 283 g/mol. The molecule has 19 heavy (non-hydrogen) atoms. The number of hydrogen-bond acceptors (Lipinski definition) is 2. The number of carbonyl (C=O) groups is 1. The van der Waals surface area contributed by atoms with Crippen LogP contribution in [0.1, 0.15) is 25.8 Å². The minimum atomic E-state index is -0.424. The molecule has 2 N–H and O–H groups in total. The van der Waals surface area contributed by atoms with Crippen LogP contribution >= 0.6 is 24.0 Å². The Kier molecular flexibility index (Phi) is 8.07. The van der Waals surface area contributed by atoms with Crippen molar-refractivity contribution in [2.45, 2.75) is 32.9 Å². The van der Waals surface area contributed by atoms with Crippen molar-refractivity contribution in [2.75, 3.05) is 7.05 Å². The largest absolute Gasteiger partial charge is 0.340 e. The highest BCUT2D eigenvalue weighted by Gasteiger charge is 2.22. The second-order valence-corrected chi connectivity index (χ2v) is 5.17. The maximum Gasteiger partial charge on any atom is 0.239 e. The van der Waals surface area contributed by atoms with Crippen LogP contribution in [0.2, 0.25) is 5.02 Å². The summed E-state index contributed by atoms with van der Waals surface area (Å²) >= 11 is 5.82. The summed E-state index contributed by atoms with van der Waals surface area (Å²) in [4.78, 5) is 13.8. The maximum atomic E-state index is 12.1. The Morgan fingerprint density at radius 3 is 2.37 bits per heavy atom. The SMILES string of the molecule is CCC(C)C(N)C(=O)N(C)Cc1ccc(Cl)cc1.Cl. The van der Waals surface area contributed by atoms with Gasteiger partial charge in [-0.15, -0.1) is 12.4 Å². The van der Waals surface area contributed by atoms with Crippen molar-refractivity contribution in [3.63, 3.8) is 0 Å². The van der Waals surface area contributed by atoms with E-state index >= 15 is 0 Å². The van der Waals surface area contributed by atoms with Gasteiger partial charge in [0, 0.05) is 18.6 Å². The number of nitrogens with zero attached hydrogens (tertiary/aromatic N) is 1. The van der Waals surface area contributed by atoms with E-state index in [1.54, 1.807) is 11.9 Å².